The fourth-order valence-corrected chi connectivity index (χ4v) is 3.78. The number of amides is 3. The number of aliphatic hydroxyl groups is 1. The number of alkyl carbamates (subject to hydrolysis) is 1. The summed E-state index contributed by atoms with van der Waals surface area (Å²) in [5, 5.41) is 16.7. The van der Waals surface area contributed by atoms with E-state index in [1.165, 1.54) is 0 Å². The summed E-state index contributed by atoms with van der Waals surface area (Å²) in [6.45, 7) is 12.9. The Hall–Kier alpha value is -2.61. The average Bonchev–Trinajstić information content (AvgIpc) is 2.69. The molecule has 5 N–H and O–H groups in total. The molecule has 8 nitrogen and oxygen atoms in total. The number of ether oxygens (including phenoxy) is 1. The second-order valence-corrected chi connectivity index (χ2v) is 10.7. The molecule has 0 aliphatic carbocycles. The Morgan fingerprint density at radius 3 is 2.06 bits per heavy atom. The summed E-state index contributed by atoms with van der Waals surface area (Å²) < 4.78 is 5.39. The van der Waals surface area contributed by atoms with Crippen molar-refractivity contribution in [2.45, 2.75) is 91.5 Å². The van der Waals surface area contributed by atoms with E-state index in [0.717, 1.165) is 5.56 Å². The van der Waals surface area contributed by atoms with E-state index in [0.29, 0.717) is 12.8 Å². The molecule has 0 aliphatic heterocycles. The fraction of sp³-hybridized carbons (Fsp3) is 0.654. The minimum absolute atomic E-state index is 0.112. The predicted octanol–water partition coefficient (Wildman–Crippen LogP) is 3.16. The van der Waals surface area contributed by atoms with Crippen molar-refractivity contribution in [2.24, 2.45) is 23.5 Å². The van der Waals surface area contributed by atoms with Crippen molar-refractivity contribution in [3.63, 3.8) is 0 Å². The molecular formula is C26H43N3O5. The van der Waals surface area contributed by atoms with Crippen LogP contribution in [0, 0.1) is 17.8 Å². The third-order valence-electron chi connectivity index (χ3n) is 5.39. The van der Waals surface area contributed by atoms with Gasteiger partial charge in [0.1, 0.15) is 11.6 Å². The van der Waals surface area contributed by atoms with Crippen LogP contribution >= 0.6 is 0 Å². The topological polar surface area (TPSA) is 131 Å². The summed E-state index contributed by atoms with van der Waals surface area (Å²) in [6.07, 6.45) is -0.662. The molecule has 0 saturated carbocycles. The van der Waals surface area contributed by atoms with Gasteiger partial charge in [-0.25, -0.2) is 4.79 Å². The van der Waals surface area contributed by atoms with Gasteiger partial charge in [-0.15, -0.1) is 0 Å². The normalized spacial score (nSPS) is 15.4. The van der Waals surface area contributed by atoms with E-state index in [9.17, 15) is 19.5 Å². The predicted molar refractivity (Wildman–Crippen MR) is 133 cm³/mol. The molecule has 0 aliphatic rings. The summed E-state index contributed by atoms with van der Waals surface area (Å²) in [4.78, 5) is 37.4. The van der Waals surface area contributed by atoms with Gasteiger partial charge in [-0.3, -0.25) is 9.59 Å². The van der Waals surface area contributed by atoms with Gasteiger partial charge < -0.3 is 26.2 Å². The molecule has 0 aromatic heterocycles. The Morgan fingerprint density at radius 1 is 1.00 bits per heavy atom. The number of nitrogens with one attached hydrogen (secondary N) is 2. The summed E-state index contributed by atoms with van der Waals surface area (Å²) in [7, 11) is 0. The third-order valence-corrected chi connectivity index (χ3v) is 5.39. The molecule has 0 heterocycles. The van der Waals surface area contributed by atoms with Crippen molar-refractivity contribution >= 4 is 17.9 Å². The number of rotatable bonds is 12. The molecule has 0 bridgehead atoms. The molecule has 34 heavy (non-hydrogen) atoms. The van der Waals surface area contributed by atoms with E-state index in [2.05, 4.69) is 10.6 Å². The van der Waals surface area contributed by atoms with Crippen LogP contribution in [0.1, 0.15) is 66.9 Å². The van der Waals surface area contributed by atoms with Crippen molar-refractivity contribution in [1.29, 1.82) is 0 Å². The summed E-state index contributed by atoms with van der Waals surface area (Å²) >= 11 is 0. The first-order chi connectivity index (χ1) is 15.7. The SMILES string of the molecule is CC(C)C[C@H](C[C@H](O)C(Cc1ccccc1)NC(=O)OC(C)(C)C)C(=O)NC(C(N)=O)C(C)C. The molecule has 1 aromatic carbocycles. The van der Waals surface area contributed by atoms with Gasteiger partial charge in [-0.1, -0.05) is 58.0 Å². The lowest BCUT2D eigenvalue weighted by molar-refractivity contribution is -0.132. The summed E-state index contributed by atoms with van der Waals surface area (Å²) in [5.74, 6) is -1.47. The van der Waals surface area contributed by atoms with E-state index < -0.39 is 41.7 Å². The number of hydrogen-bond acceptors (Lipinski definition) is 5. The van der Waals surface area contributed by atoms with Crippen molar-refractivity contribution in [2.75, 3.05) is 0 Å². The molecule has 0 radical (unpaired) electrons. The van der Waals surface area contributed by atoms with Crippen molar-refractivity contribution in [1.82, 2.24) is 10.6 Å². The van der Waals surface area contributed by atoms with Gasteiger partial charge in [0, 0.05) is 5.92 Å². The maximum absolute atomic E-state index is 13.1. The van der Waals surface area contributed by atoms with Crippen molar-refractivity contribution in [3.05, 3.63) is 35.9 Å². The van der Waals surface area contributed by atoms with Crippen LogP contribution in [0.15, 0.2) is 30.3 Å². The molecule has 1 rings (SSSR count). The summed E-state index contributed by atoms with van der Waals surface area (Å²) in [5.41, 5.74) is 5.71. The van der Waals surface area contributed by atoms with E-state index in [4.69, 9.17) is 10.5 Å². The number of primary amides is 1. The molecule has 0 saturated heterocycles. The molecule has 8 heteroatoms. The molecular weight excluding hydrogens is 434 g/mol. The van der Waals surface area contributed by atoms with Crippen LogP contribution in [0.2, 0.25) is 0 Å². The average molecular weight is 478 g/mol. The second-order valence-electron chi connectivity index (χ2n) is 10.7. The number of benzene rings is 1. The van der Waals surface area contributed by atoms with E-state index in [1.54, 1.807) is 20.8 Å². The first-order valence-electron chi connectivity index (χ1n) is 12.0. The Labute approximate surface area is 204 Å². The van der Waals surface area contributed by atoms with E-state index >= 15 is 0 Å². The lowest BCUT2D eigenvalue weighted by Gasteiger charge is -2.30. The van der Waals surface area contributed by atoms with Gasteiger partial charge in [0.05, 0.1) is 12.1 Å². The highest BCUT2D eigenvalue weighted by Crippen LogP contribution is 2.22. The molecule has 1 aromatic rings. The molecule has 4 atom stereocenters. The zero-order valence-corrected chi connectivity index (χ0v) is 21.6. The van der Waals surface area contributed by atoms with Crippen LogP contribution < -0.4 is 16.4 Å². The largest absolute Gasteiger partial charge is 0.444 e. The zero-order chi connectivity index (χ0) is 26.1. The molecule has 3 amide bonds. The van der Waals surface area contributed by atoms with Crippen LogP contribution in [0.25, 0.3) is 0 Å². The monoisotopic (exact) mass is 477 g/mol. The third kappa shape index (κ3) is 11.0. The van der Waals surface area contributed by atoms with Crippen molar-refractivity contribution in [3.8, 4) is 0 Å². The highest BCUT2D eigenvalue weighted by molar-refractivity contribution is 5.87. The number of carbonyl (C=O) groups is 3. The maximum atomic E-state index is 13.1. The second kappa shape index (κ2) is 13.3. The molecule has 0 fully saturated rings. The number of nitrogens with two attached hydrogens (primary N) is 1. The number of carbonyl (C=O) groups excluding carboxylic acids is 3. The van der Waals surface area contributed by atoms with Gasteiger partial charge in [0.25, 0.3) is 0 Å². The standard InChI is InChI=1S/C26H43N3O5/c1-16(2)13-19(24(32)29-22(17(3)4)23(27)31)15-21(30)20(14-18-11-9-8-10-12-18)28-25(33)34-26(5,6)7/h8-12,16-17,19-22,30H,13-15H2,1-7H3,(H2,27,31)(H,28,33)(H,29,32)/t19-,20?,21+,22?/m1/s1. The Kier molecular flexibility index (Phi) is 11.5. The van der Waals surface area contributed by atoms with Crippen LogP contribution in [0.3, 0.4) is 0 Å². The first kappa shape index (κ1) is 29.4. The Balaban J connectivity index is 3.07. The zero-order valence-electron chi connectivity index (χ0n) is 21.6. The summed E-state index contributed by atoms with van der Waals surface area (Å²) in [6, 6.07) is 8.03. The van der Waals surface area contributed by atoms with Gasteiger partial charge in [0.2, 0.25) is 11.8 Å². The van der Waals surface area contributed by atoms with E-state index in [-0.39, 0.29) is 24.2 Å². The van der Waals surface area contributed by atoms with Gasteiger partial charge in [-0.05, 0) is 57.4 Å². The Morgan fingerprint density at radius 2 is 1.59 bits per heavy atom. The lowest BCUT2D eigenvalue weighted by atomic mass is 9.87. The van der Waals surface area contributed by atoms with Gasteiger partial charge in [-0.2, -0.15) is 0 Å². The molecule has 0 spiro atoms. The minimum atomic E-state index is -1.02. The van der Waals surface area contributed by atoms with Crippen LogP contribution in [0.5, 0.6) is 0 Å². The van der Waals surface area contributed by atoms with Gasteiger partial charge in [0.15, 0.2) is 0 Å². The highest BCUT2D eigenvalue weighted by atomic mass is 16.6. The maximum Gasteiger partial charge on any atom is 0.407 e. The van der Waals surface area contributed by atoms with Crippen LogP contribution in [-0.2, 0) is 20.7 Å². The van der Waals surface area contributed by atoms with Crippen LogP contribution in [0.4, 0.5) is 4.79 Å². The van der Waals surface area contributed by atoms with Crippen molar-refractivity contribution < 1.29 is 24.2 Å². The minimum Gasteiger partial charge on any atom is -0.444 e. The highest BCUT2D eigenvalue weighted by Gasteiger charge is 2.32. The lowest BCUT2D eigenvalue weighted by Crippen LogP contribution is -2.51. The molecule has 192 valence electrons. The fourth-order valence-electron chi connectivity index (χ4n) is 3.78. The Bertz CT molecular complexity index is 789. The van der Waals surface area contributed by atoms with Crippen LogP contribution in [-0.4, -0.2) is 46.8 Å². The smallest absolute Gasteiger partial charge is 0.407 e. The van der Waals surface area contributed by atoms with E-state index in [1.807, 2.05) is 58.0 Å². The quantitative estimate of drug-likeness (QED) is 0.367. The van der Waals surface area contributed by atoms with Gasteiger partial charge >= 0.3 is 6.09 Å². The number of aliphatic hydroxyl groups excluding tert-OH is 1. The number of hydrogen-bond donors (Lipinski definition) is 4. The first-order valence-corrected chi connectivity index (χ1v) is 12.0. The molecule has 2 unspecified atom stereocenters.